The molecule has 5 N–H and O–H groups in total. The van der Waals surface area contributed by atoms with Crippen LogP contribution in [-0.2, 0) is 16.1 Å². The molecule has 0 heterocycles. The van der Waals surface area contributed by atoms with Gasteiger partial charge in [-0.2, -0.15) is 0 Å². The van der Waals surface area contributed by atoms with Crippen LogP contribution in [0.15, 0.2) is 30.3 Å². The summed E-state index contributed by atoms with van der Waals surface area (Å²) in [5, 5.41) is 4.94. The molecule has 6 nitrogen and oxygen atoms in total. The van der Waals surface area contributed by atoms with Gasteiger partial charge in [0.1, 0.15) is 19.3 Å². The van der Waals surface area contributed by atoms with Gasteiger partial charge in [0.15, 0.2) is 0 Å². The first-order valence-electron chi connectivity index (χ1n) is 5.67. The van der Waals surface area contributed by atoms with E-state index in [0.29, 0.717) is 0 Å². The standard InChI is InChI=1S/C12H17N3O3.ClH/c1-9(11(16)14-8-13)15-12(17)18-7-10-5-3-2-4-6-10;/h2-6,9H,7-8,13H2,1H3,(H,14,16)(H,15,17);1H/t9-;/m0./s1. The van der Waals surface area contributed by atoms with Gasteiger partial charge in [-0.3, -0.25) is 4.79 Å². The Balaban J connectivity index is 0.00000324. The minimum atomic E-state index is -0.643. The molecule has 0 aliphatic heterocycles. The average Bonchev–Trinajstić information content (AvgIpc) is 2.38. The molecule has 0 aliphatic rings. The lowest BCUT2D eigenvalue weighted by molar-refractivity contribution is -0.372. The van der Waals surface area contributed by atoms with E-state index in [1.807, 2.05) is 30.3 Å². The molecule has 106 valence electrons. The van der Waals surface area contributed by atoms with Crippen LogP contribution in [0.4, 0.5) is 4.79 Å². The molecular formula is C12H18ClN3O3. The second-order valence-corrected chi connectivity index (χ2v) is 3.72. The first-order chi connectivity index (χ1) is 8.63. The second kappa shape index (κ2) is 9.18. The number of benzene rings is 1. The van der Waals surface area contributed by atoms with E-state index in [1.165, 1.54) is 0 Å². The van der Waals surface area contributed by atoms with E-state index in [4.69, 9.17) is 4.74 Å². The number of carbonyl (C=O) groups excluding carboxylic acids is 2. The number of quaternary nitrogens is 1. The van der Waals surface area contributed by atoms with Gasteiger partial charge in [0.2, 0.25) is 5.91 Å². The Kier molecular flexibility index (Phi) is 8.32. The molecule has 19 heavy (non-hydrogen) atoms. The van der Waals surface area contributed by atoms with Gasteiger partial charge in [-0.15, -0.1) is 0 Å². The number of hydrogen-bond donors (Lipinski definition) is 3. The Morgan fingerprint density at radius 3 is 2.53 bits per heavy atom. The molecule has 0 unspecified atom stereocenters. The average molecular weight is 288 g/mol. The molecule has 2 amide bonds. The van der Waals surface area contributed by atoms with E-state index in [2.05, 4.69) is 16.4 Å². The van der Waals surface area contributed by atoms with Crippen molar-refractivity contribution in [1.29, 1.82) is 0 Å². The quantitative estimate of drug-likeness (QED) is 0.493. The lowest BCUT2D eigenvalue weighted by Gasteiger charge is -2.12. The Labute approximate surface area is 118 Å². The fourth-order valence-electron chi connectivity index (χ4n) is 1.28. The Morgan fingerprint density at radius 1 is 1.32 bits per heavy atom. The smallest absolute Gasteiger partial charge is 0.408 e. The highest BCUT2D eigenvalue weighted by Gasteiger charge is 2.15. The van der Waals surface area contributed by atoms with Gasteiger partial charge < -0.3 is 33.5 Å². The van der Waals surface area contributed by atoms with Gasteiger partial charge in [-0.1, -0.05) is 30.3 Å². The summed E-state index contributed by atoms with van der Waals surface area (Å²) in [5.41, 5.74) is 4.38. The fraction of sp³-hybridized carbons (Fsp3) is 0.333. The van der Waals surface area contributed by atoms with Gasteiger partial charge in [0.25, 0.3) is 0 Å². The van der Waals surface area contributed by atoms with Gasteiger partial charge >= 0.3 is 6.09 Å². The third-order valence-corrected chi connectivity index (χ3v) is 2.24. The number of hydrogen-bond acceptors (Lipinski definition) is 3. The summed E-state index contributed by atoms with van der Waals surface area (Å²) >= 11 is 0. The minimum absolute atomic E-state index is 0. The first-order valence-corrected chi connectivity index (χ1v) is 5.67. The van der Waals surface area contributed by atoms with Crippen molar-refractivity contribution in [3.63, 3.8) is 0 Å². The first kappa shape index (κ1) is 17.2. The topological polar surface area (TPSA) is 95.1 Å². The highest BCUT2D eigenvalue weighted by atomic mass is 35.5. The summed E-state index contributed by atoms with van der Waals surface area (Å²) in [6.07, 6.45) is -0.620. The van der Waals surface area contributed by atoms with Crippen LogP contribution in [0.3, 0.4) is 0 Å². The summed E-state index contributed by atoms with van der Waals surface area (Å²) in [7, 11) is 0. The third kappa shape index (κ3) is 6.64. The zero-order valence-electron chi connectivity index (χ0n) is 10.7. The Morgan fingerprint density at radius 2 is 1.95 bits per heavy atom. The normalized spacial score (nSPS) is 10.8. The zero-order valence-corrected chi connectivity index (χ0v) is 11.4. The number of nitrogens with one attached hydrogen (secondary N) is 2. The summed E-state index contributed by atoms with van der Waals surface area (Å²) in [6, 6.07) is 8.67. The highest BCUT2D eigenvalue weighted by molar-refractivity contribution is 5.84. The molecule has 0 aliphatic carbocycles. The van der Waals surface area contributed by atoms with Crippen LogP contribution >= 0.6 is 0 Å². The molecule has 0 fully saturated rings. The van der Waals surface area contributed by atoms with Crippen LogP contribution in [0.2, 0.25) is 0 Å². The molecule has 0 spiro atoms. The third-order valence-electron chi connectivity index (χ3n) is 2.24. The van der Waals surface area contributed by atoms with E-state index in [0.717, 1.165) is 5.56 Å². The summed E-state index contributed by atoms with van der Waals surface area (Å²) in [6.45, 7) is 2.04. The van der Waals surface area contributed by atoms with Crippen LogP contribution in [-0.4, -0.2) is 24.7 Å². The highest BCUT2D eigenvalue weighted by Crippen LogP contribution is 2.00. The van der Waals surface area contributed by atoms with Crippen molar-refractivity contribution >= 4 is 12.0 Å². The van der Waals surface area contributed by atoms with Crippen molar-refractivity contribution < 1.29 is 32.5 Å². The van der Waals surface area contributed by atoms with Crippen LogP contribution < -0.4 is 28.8 Å². The monoisotopic (exact) mass is 287 g/mol. The van der Waals surface area contributed by atoms with Crippen LogP contribution in [0.25, 0.3) is 0 Å². The van der Waals surface area contributed by atoms with Crippen molar-refractivity contribution in [2.45, 2.75) is 19.6 Å². The predicted molar refractivity (Wildman–Crippen MR) is 65.1 cm³/mol. The van der Waals surface area contributed by atoms with Crippen molar-refractivity contribution in [3.05, 3.63) is 35.9 Å². The second-order valence-electron chi connectivity index (χ2n) is 3.72. The number of alkyl carbamates (subject to hydrolysis) is 1. The number of halogens is 1. The van der Waals surface area contributed by atoms with Gasteiger partial charge in [0.05, 0.1) is 0 Å². The Bertz CT molecular complexity index is 400. The molecule has 0 radical (unpaired) electrons. The maximum atomic E-state index is 11.4. The van der Waals surface area contributed by atoms with E-state index in [9.17, 15) is 9.59 Å². The summed E-state index contributed by atoms with van der Waals surface area (Å²) < 4.78 is 4.98. The van der Waals surface area contributed by atoms with Crippen molar-refractivity contribution in [2.24, 2.45) is 0 Å². The lowest BCUT2D eigenvalue weighted by atomic mass is 10.2. The van der Waals surface area contributed by atoms with Gasteiger partial charge in [-0.25, -0.2) is 4.79 Å². The van der Waals surface area contributed by atoms with Crippen LogP contribution in [0.1, 0.15) is 12.5 Å². The number of ether oxygens (including phenoxy) is 1. The molecular weight excluding hydrogens is 270 g/mol. The molecule has 0 saturated heterocycles. The summed E-state index contributed by atoms with van der Waals surface area (Å²) in [4.78, 5) is 22.7. The van der Waals surface area contributed by atoms with Gasteiger partial charge in [-0.05, 0) is 12.5 Å². The Hall–Kier alpha value is -1.79. The van der Waals surface area contributed by atoms with Gasteiger partial charge in [0, 0.05) is 0 Å². The lowest BCUT2D eigenvalue weighted by Crippen LogP contribution is -3.00. The van der Waals surface area contributed by atoms with E-state index >= 15 is 0 Å². The number of rotatable bonds is 5. The van der Waals surface area contributed by atoms with E-state index in [-0.39, 0.29) is 31.6 Å². The van der Waals surface area contributed by atoms with E-state index in [1.54, 1.807) is 6.92 Å². The zero-order chi connectivity index (χ0) is 13.4. The SMILES string of the molecule is C[C@H](NC(=O)OCc1ccccc1)C(=O)NC[NH3+].[Cl-]. The molecule has 0 saturated carbocycles. The largest absolute Gasteiger partial charge is 1.00 e. The maximum Gasteiger partial charge on any atom is 0.408 e. The molecule has 0 aromatic heterocycles. The molecule has 1 atom stereocenters. The number of carbonyl (C=O) groups is 2. The van der Waals surface area contributed by atoms with E-state index < -0.39 is 12.1 Å². The molecule has 1 aromatic rings. The number of amides is 2. The van der Waals surface area contributed by atoms with Crippen LogP contribution in [0, 0.1) is 0 Å². The van der Waals surface area contributed by atoms with Crippen molar-refractivity contribution in [2.75, 3.05) is 6.67 Å². The van der Waals surface area contributed by atoms with Crippen molar-refractivity contribution in [3.8, 4) is 0 Å². The maximum absolute atomic E-state index is 11.4. The molecule has 1 rings (SSSR count). The predicted octanol–water partition coefficient (Wildman–Crippen LogP) is -3.38. The molecule has 0 bridgehead atoms. The minimum Gasteiger partial charge on any atom is -1.00 e. The molecule has 1 aromatic carbocycles. The molecule has 7 heteroatoms. The van der Waals surface area contributed by atoms with Crippen LogP contribution in [0.5, 0.6) is 0 Å². The summed E-state index contributed by atoms with van der Waals surface area (Å²) in [5.74, 6) is -0.290. The fourth-order valence-corrected chi connectivity index (χ4v) is 1.28. The van der Waals surface area contributed by atoms with Crippen molar-refractivity contribution in [1.82, 2.24) is 10.6 Å².